The summed E-state index contributed by atoms with van der Waals surface area (Å²) in [5.74, 6) is 0. The number of unbranched alkanes of at least 4 members (excludes halogenated alkanes) is 8. The maximum Gasteiger partial charge on any atom is 0.0844 e. The van der Waals surface area contributed by atoms with Crippen LogP contribution in [0.25, 0.3) is 0 Å². The number of rotatable bonds is 14. The Morgan fingerprint density at radius 2 is 1.26 bits per heavy atom. The van der Waals surface area contributed by atoms with Crippen molar-refractivity contribution in [3.8, 4) is 0 Å². The lowest BCUT2D eigenvalue weighted by Crippen LogP contribution is -2.14. The molecule has 0 rings (SSSR count). The second kappa shape index (κ2) is 14.5. The zero-order chi connectivity index (χ0) is 14.3. The lowest BCUT2D eigenvalue weighted by atomic mass is 10.0. The maximum absolute atomic E-state index is 10.7. The van der Waals surface area contributed by atoms with E-state index in [1.165, 1.54) is 51.4 Å². The van der Waals surface area contributed by atoms with E-state index in [-0.39, 0.29) is 6.10 Å². The summed E-state index contributed by atoms with van der Waals surface area (Å²) in [6.45, 7) is 4.39. The minimum absolute atomic E-state index is 0.0960. The molecule has 0 aromatic rings. The molecule has 0 radical (unpaired) electrons. The van der Waals surface area contributed by atoms with Crippen molar-refractivity contribution in [2.45, 2.75) is 97.0 Å². The predicted octanol–water partition coefficient (Wildman–Crippen LogP) is 4.89. The van der Waals surface area contributed by atoms with Gasteiger partial charge in [0.1, 0.15) is 0 Å². The normalized spacial score (nSPS) is 14.5. The van der Waals surface area contributed by atoms with Crippen molar-refractivity contribution in [1.29, 1.82) is 0 Å². The first-order chi connectivity index (χ1) is 9.20. The molecule has 0 aliphatic heterocycles. The Labute approximate surface area is 122 Å². The lowest BCUT2D eigenvalue weighted by Gasteiger charge is -2.18. The molecule has 0 saturated heterocycles. The van der Waals surface area contributed by atoms with Crippen molar-refractivity contribution < 1.29 is 12.9 Å². The Bertz CT molecular complexity index is 210. The van der Waals surface area contributed by atoms with Gasteiger partial charge in [-0.3, -0.25) is 4.18 Å². The SMILES string of the molecule is CCCCCCCCC(CCCCCC)OS(=O)[O-]. The van der Waals surface area contributed by atoms with Crippen molar-refractivity contribution in [1.82, 2.24) is 0 Å². The molecule has 0 fully saturated rings. The van der Waals surface area contributed by atoms with Crippen molar-refractivity contribution in [3.63, 3.8) is 0 Å². The fourth-order valence-electron chi connectivity index (χ4n) is 2.30. The number of hydrogen-bond donors (Lipinski definition) is 0. The summed E-state index contributed by atoms with van der Waals surface area (Å²) >= 11 is -2.36. The molecule has 19 heavy (non-hydrogen) atoms. The average Bonchev–Trinajstić information content (AvgIpc) is 2.37. The highest BCUT2D eigenvalue weighted by atomic mass is 32.2. The van der Waals surface area contributed by atoms with Gasteiger partial charge in [-0.1, -0.05) is 78.1 Å². The molecule has 0 spiro atoms. The van der Waals surface area contributed by atoms with Crippen molar-refractivity contribution in [2.24, 2.45) is 0 Å². The Balaban J connectivity index is 3.64. The van der Waals surface area contributed by atoms with Crippen LogP contribution in [-0.4, -0.2) is 14.9 Å². The van der Waals surface area contributed by atoms with Gasteiger partial charge >= 0.3 is 0 Å². The summed E-state index contributed by atoms with van der Waals surface area (Å²) in [7, 11) is 0. The summed E-state index contributed by atoms with van der Waals surface area (Å²) in [4.78, 5) is 0. The molecule has 0 bridgehead atoms. The van der Waals surface area contributed by atoms with Gasteiger partial charge in [-0.2, -0.15) is 0 Å². The van der Waals surface area contributed by atoms with Crippen LogP contribution < -0.4 is 0 Å². The third-order valence-corrected chi connectivity index (χ3v) is 3.90. The van der Waals surface area contributed by atoms with Crippen LogP contribution in [0.15, 0.2) is 0 Å². The molecule has 0 saturated carbocycles. The molecular formula is C15H31O3S-. The van der Waals surface area contributed by atoms with Crippen molar-refractivity contribution in [2.75, 3.05) is 0 Å². The second-order valence-electron chi connectivity index (χ2n) is 5.33. The summed E-state index contributed by atoms with van der Waals surface area (Å²) in [5.41, 5.74) is 0. The topological polar surface area (TPSA) is 49.4 Å². The Hall–Kier alpha value is 0.0700. The molecule has 0 aromatic heterocycles. The number of hydrogen-bond acceptors (Lipinski definition) is 3. The zero-order valence-corrected chi connectivity index (χ0v) is 13.5. The molecule has 0 amide bonds. The first-order valence-electron chi connectivity index (χ1n) is 7.97. The zero-order valence-electron chi connectivity index (χ0n) is 12.7. The van der Waals surface area contributed by atoms with Gasteiger partial charge in [0.2, 0.25) is 0 Å². The van der Waals surface area contributed by atoms with Crippen molar-refractivity contribution in [3.05, 3.63) is 0 Å². The minimum atomic E-state index is -2.36. The summed E-state index contributed by atoms with van der Waals surface area (Å²) < 4.78 is 26.3. The largest absolute Gasteiger partial charge is 0.750 e. The second-order valence-corrected chi connectivity index (χ2v) is 5.93. The highest BCUT2D eigenvalue weighted by Gasteiger charge is 2.09. The first kappa shape index (κ1) is 19.1. The van der Waals surface area contributed by atoms with Crippen LogP contribution in [0.2, 0.25) is 0 Å². The van der Waals surface area contributed by atoms with Crippen LogP contribution in [0.1, 0.15) is 90.9 Å². The Kier molecular flexibility index (Phi) is 14.5. The van der Waals surface area contributed by atoms with E-state index in [9.17, 15) is 8.76 Å². The average molecular weight is 291 g/mol. The molecule has 2 unspecified atom stereocenters. The standard InChI is InChI=1S/C15H32O3S/c1-3-5-7-9-10-12-14-15(18-19(16)17)13-11-8-6-4-2/h15H,3-14H2,1-2H3,(H,16,17)/p-1. The highest BCUT2D eigenvalue weighted by molar-refractivity contribution is 7.74. The summed E-state index contributed by atoms with van der Waals surface area (Å²) in [5, 5.41) is 0. The van der Waals surface area contributed by atoms with Crippen LogP contribution in [0, 0.1) is 0 Å². The van der Waals surface area contributed by atoms with Gasteiger partial charge in [0.25, 0.3) is 0 Å². The van der Waals surface area contributed by atoms with Gasteiger partial charge in [0, 0.05) is 0 Å². The molecule has 3 nitrogen and oxygen atoms in total. The van der Waals surface area contributed by atoms with Crippen LogP contribution in [0.5, 0.6) is 0 Å². The molecule has 2 atom stereocenters. The van der Waals surface area contributed by atoms with E-state index < -0.39 is 11.4 Å². The van der Waals surface area contributed by atoms with Crippen LogP contribution in [0.3, 0.4) is 0 Å². The predicted molar refractivity (Wildman–Crippen MR) is 80.5 cm³/mol. The van der Waals surface area contributed by atoms with Gasteiger partial charge in [0.15, 0.2) is 0 Å². The fourth-order valence-corrected chi connectivity index (χ4v) is 2.72. The van der Waals surface area contributed by atoms with E-state index in [1.54, 1.807) is 0 Å². The summed E-state index contributed by atoms with van der Waals surface area (Å²) in [6.07, 6.45) is 13.8. The molecule has 4 heteroatoms. The minimum Gasteiger partial charge on any atom is -0.750 e. The van der Waals surface area contributed by atoms with Gasteiger partial charge in [0.05, 0.1) is 17.5 Å². The quantitative estimate of drug-likeness (QED) is 0.338. The molecule has 0 aliphatic carbocycles. The van der Waals surface area contributed by atoms with E-state index in [1.807, 2.05) is 0 Å². The maximum atomic E-state index is 10.7. The van der Waals surface area contributed by atoms with E-state index >= 15 is 0 Å². The third kappa shape index (κ3) is 14.3. The molecule has 0 N–H and O–H groups in total. The van der Waals surface area contributed by atoms with E-state index in [2.05, 4.69) is 13.8 Å². The third-order valence-electron chi connectivity index (χ3n) is 3.47. The lowest BCUT2D eigenvalue weighted by molar-refractivity contribution is 0.173. The smallest absolute Gasteiger partial charge is 0.0844 e. The summed E-state index contributed by atoms with van der Waals surface area (Å²) in [6, 6.07) is 0. The van der Waals surface area contributed by atoms with Gasteiger partial charge in [-0.05, 0) is 12.8 Å². The van der Waals surface area contributed by atoms with Gasteiger partial charge in [-0.25, -0.2) is 4.21 Å². The Morgan fingerprint density at radius 3 is 1.74 bits per heavy atom. The first-order valence-corrected chi connectivity index (χ1v) is 8.97. The molecule has 0 aromatic carbocycles. The van der Waals surface area contributed by atoms with Gasteiger partial charge in [-0.15, -0.1) is 0 Å². The van der Waals surface area contributed by atoms with E-state index in [4.69, 9.17) is 4.18 Å². The fraction of sp³-hybridized carbons (Fsp3) is 1.00. The van der Waals surface area contributed by atoms with Crippen LogP contribution >= 0.6 is 0 Å². The monoisotopic (exact) mass is 291 g/mol. The van der Waals surface area contributed by atoms with Crippen LogP contribution in [-0.2, 0) is 15.5 Å². The molecule has 116 valence electrons. The van der Waals surface area contributed by atoms with E-state index in [0.29, 0.717) is 0 Å². The highest BCUT2D eigenvalue weighted by Crippen LogP contribution is 2.16. The van der Waals surface area contributed by atoms with Crippen LogP contribution in [0.4, 0.5) is 0 Å². The van der Waals surface area contributed by atoms with E-state index in [0.717, 1.165) is 25.7 Å². The Morgan fingerprint density at radius 1 is 0.842 bits per heavy atom. The molecule has 0 aliphatic rings. The van der Waals surface area contributed by atoms with Gasteiger partial charge < -0.3 is 4.55 Å². The molecular weight excluding hydrogens is 260 g/mol. The van der Waals surface area contributed by atoms with Crippen molar-refractivity contribution >= 4 is 11.4 Å². The molecule has 0 heterocycles.